The third-order valence-electron chi connectivity index (χ3n) is 16.1. The Hall–Kier alpha value is -2.37. The summed E-state index contributed by atoms with van der Waals surface area (Å²) in [5.41, 5.74) is 2.83. The number of Topliss-reactive ketones (excluding diaryl/α,β-unsaturated/α-hetero) is 1. The minimum absolute atomic E-state index is 0.0479. The van der Waals surface area contributed by atoms with Gasteiger partial charge in [0.1, 0.15) is 18.0 Å². The Morgan fingerprint density at radius 3 is 1.22 bits per heavy atom. The van der Waals surface area contributed by atoms with E-state index in [-0.39, 0.29) is 46.8 Å². The van der Waals surface area contributed by atoms with E-state index < -0.39 is 0 Å². The number of esters is 2. The van der Waals surface area contributed by atoms with Crippen LogP contribution in [0.25, 0.3) is 0 Å². The van der Waals surface area contributed by atoms with Gasteiger partial charge in [-0.05, 0) is 187 Å². The number of carbonyl (C=O) groups excluding carboxylic acids is 3. The molecule has 0 bridgehead atoms. The van der Waals surface area contributed by atoms with Crippen LogP contribution >= 0.6 is 23.2 Å². The molecule has 5 nitrogen and oxygen atoms in total. The summed E-state index contributed by atoms with van der Waals surface area (Å²) in [7, 11) is 0. The maximum atomic E-state index is 15.7. The zero-order valence-electron chi connectivity index (χ0n) is 37.1. The lowest BCUT2D eigenvalue weighted by molar-refractivity contribution is -0.152. The first-order valence-corrected chi connectivity index (χ1v) is 25.5. The van der Waals surface area contributed by atoms with Crippen molar-refractivity contribution in [2.45, 2.75) is 192 Å². The molecule has 4 fully saturated rings. The lowest BCUT2D eigenvalue weighted by atomic mass is 9.55. The number of ketones is 1. The molecular weight excluding hydrogens is 787 g/mol. The first-order chi connectivity index (χ1) is 29.2. The molecule has 0 spiro atoms. The molecule has 0 amide bonds. The molecule has 4 aliphatic rings. The smallest absolute Gasteiger partial charge is 0.306 e. The van der Waals surface area contributed by atoms with Crippen molar-refractivity contribution in [2.24, 2.45) is 34.5 Å². The SMILES string of the molecule is CCCC(=O)OC1CCC([C@]2(CCCCl)CC[C@H](C(C(=O)C(c3ccccc3)[C@H]3CC[C@@](CCCCl)(C4CCC(OC(=O)CCC)CC4)CC3)c3ccccc3)CC2)CC1. The average molecular weight is 864 g/mol. The first-order valence-electron chi connectivity index (χ1n) is 24.4. The van der Waals surface area contributed by atoms with Crippen molar-refractivity contribution in [1.82, 2.24) is 0 Å². The maximum absolute atomic E-state index is 15.7. The zero-order valence-corrected chi connectivity index (χ0v) is 38.6. The summed E-state index contributed by atoms with van der Waals surface area (Å²) in [6, 6.07) is 21.5. The van der Waals surface area contributed by atoms with Crippen molar-refractivity contribution >= 4 is 40.9 Å². The summed E-state index contributed by atoms with van der Waals surface area (Å²) in [5.74, 6) is 3.25. The van der Waals surface area contributed by atoms with Crippen LogP contribution in [0.15, 0.2) is 60.7 Å². The fourth-order valence-electron chi connectivity index (χ4n) is 13.0. The van der Waals surface area contributed by atoms with Crippen LogP contribution in [0.1, 0.15) is 191 Å². The molecule has 332 valence electrons. The monoisotopic (exact) mass is 863 g/mol. The van der Waals surface area contributed by atoms with E-state index in [9.17, 15) is 9.59 Å². The van der Waals surface area contributed by atoms with Crippen LogP contribution in [0.4, 0.5) is 0 Å². The normalized spacial score (nSPS) is 30.8. The summed E-state index contributed by atoms with van der Waals surface area (Å²) in [6.07, 6.45) is 24.2. The highest BCUT2D eigenvalue weighted by molar-refractivity contribution is 6.18. The Kier molecular flexibility index (Phi) is 18.3. The van der Waals surface area contributed by atoms with Gasteiger partial charge in [0, 0.05) is 36.4 Å². The van der Waals surface area contributed by atoms with Crippen LogP contribution < -0.4 is 0 Å². The lowest BCUT2D eigenvalue weighted by Gasteiger charge is -2.50. The lowest BCUT2D eigenvalue weighted by Crippen LogP contribution is -2.42. The number of alkyl halides is 2. The van der Waals surface area contributed by atoms with Gasteiger partial charge in [-0.1, -0.05) is 74.5 Å². The third kappa shape index (κ3) is 12.0. The average Bonchev–Trinajstić information content (AvgIpc) is 3.27. The molecule has 2 atom stereocenters. The van der Waals surface area contributed by atoms with Crippen molar-refractivity contribution in [2.75, 3.05) is 11.8 Å². The zero-order chi connectivity index (χ0) is 42.4. The Bertz CT molecular complexity index is 1460. The Morgan fingerprint density at radius 2 is 0.900 bits per heavy atom. The summed E-state index contributed by atoms with van der Waals surface area (Å²) in [6.45, 7) is 4.06. The molecule has 7 heteroatoms. The van der Waals surface area contributed by atoms with E-state index in [1.54, 1.807) is 0 Å². The second-order valence-electron chi connectivity index (χ2n) is 19.6. The third-order valence-corrected chi connectivity index (χ3v) is 16.7. The molecule has 0 radical (unpaired) electrons. The van der Waals surface area contributed by atoms with E-state index in [1.165, 1.54) is 11.1 Å². The predicted octanol–water partition coefficient (Wildman–Crippen LogP) is 14.3. The highest BCUT2D eigenvalue weighted by Crippen LogP contribution is 2.58. The minimum Gasteiger partial charge on any atom is -0.462 e. The highest BCUT2D eigenvalue weighted by Gasteiger charge is 2.49. The van der Waals surface area contributed by atoms with Crippen molar-refractivity contribution in [1.29, 1.82) is 0 Å². The van der Waals surface area contributed by atoms with Crippen molar-refractivity contribution in [3.05, 3.63) is 71.8 Å². The predicted molar refractivity (Wildman–Crippen MR) is 246 cm³/mol. The van der Waals surface area contributed by atoms with Gasteiger partial charge < -0.3 is 9.47 Å². The first kappa shape index (κ1) is 47.1. The number of hydrogen-bond acceptors (Lipinski definition) is 5. The van der Waals surface area contributed by atoms with Crippen LogP contribution in [0.5, 0.6) is 0 Å². The van der Waals surface area contributed by atoms with Gasteiger partial charge in [-0.25, -0.2) is 0 Å². The van der Waals surface area contributed by atoms with Crippen molar-refractivity contribution in [3.8, 4) is 0 Å². The number of halogens is 2. The van der Waals surface area contributed by atoms with Crippen molar-refractivity contribution in [3.63, 3.8) is 0 Å². The quantitative estimate of drug-likeness (QED) is 0.0980. The molecule has 4 saturated carbocycles. The van der Waals surface area contributed by atoms with Crippen LogP contribution in [0.2, 0.25) is 0 Å². The van der Waals surface area contributed by atoms with Crippen LogP contribution in [-0.2, 0) is 23.9 Å². The van der Waals surface area contributed by atoms with Crippen LogP contribution in [0, 0.1) is 34.5 Å². The largest absolute Gasteiger partial charge is 0.462 e. The second kappa shape index (κ2) is 23.4. The Balaban J connectivity index is 1.19. The van der Waals surface area contributed by atoms with E-state index in [2.05, 4.69) is 60.7 Å². The fourth-order valence-corrected chi connectivity index (χ4v) is 13.3. The summed E-state index contributed by atoms with van der Waals surface area (Å²) in [4.78, 5) is 40.4. The van der Waals surface area contributed by atoms with E-state index in [4.69, 9.17) is 32.7 Å². The molecule has 0 saturated heterocycles. The summed E-state index contributed by atoms with van der Waals surface area (Å²) >= 11 is 12.8. The fraction of sp³-hybridized carbons (Fsp3) is 0.717. The molecule has 2 aromatic rings. The highest BCUT2D eigenvalue weighted by atomic mass is 35.5. The number of carbonyl (C=O) groups is 3. The molecular formula is C53H76Cl2O5. The van der Waals surface area contributed by atoms with Gasteiger partial charge >= 0.3 is 11.9 Å². The Morgan fingerprint density at radius 1 is 0.550 bits per heavy atom. The van der Waals surface area contributed by atoms with Gasteiger partial charge in [0.05, 0.1) is 0 Å². The van der Waals surface area contributed by atoms with E-state index in [0.717, 1.165) is 141 Å². The van der Waals surface area contributed by atoms with Gasteiger partial charge in [-0.15, -0.1) is 23.2 Å². The van der Waals surface area contributed by atoms with Gasteiger partial charge in [-0.2, -0.15) is 0 Å². The van der Waals surface area contributed by atoms with E-state index in [1.807, 2.05) is 13.8 Å². The molecule has 0 aliphatic heterocycles. The van der Waals surface area contributed by atoms with Gasteiger partial charge in [0.15, 0.2) is 0 Å². The number of rotatable bonds is 20. The molecule has 60 heavy (non-hydrogen) atoms. The second-order valence-corrected chi connectivity index (χ2v) is 20.3. The van der Waals surface area contributed by atoms with Crippen LogP contribution in [-0.4, -0.2) is 41.7 Å². The number of hydrogen-bond donors (Lipinski definition) is 0. The topological polar surface area (TPSA) is 69.7 Å². The van der Waals surface area contributed by atoms with Gasteiger partial charge in [0.2, 0.25) is 0 Å². The minimum atomic E-state index is -0.134. The molecule has 0 aromatic heterocycles. The molecule has 4 aliphatic carbocycles. The van der Waals surface area contributed by atoms with Gasteiger partial charge in [0.25, 0.3) is 0 Å². The van der Waals surface area contributed by atoms with Crippen molar-refractivity contribution < 1.29 is 23.9 Å². The number of ether oxygens (including phenoxy) is 2. The molecule has 0 heterocycles. The van der Waals surface area contributed by atoms with E-state index >= 15 is 4.79 Å². The molecule has 0 N–H and O–H groups in total. The summed E-state index contributed by atoms with van der Waals surface area (Å²) < 4.78 is 11.8. The van der Waals surface area contributed by atoms with Gasteiger partial charge in [-0.3, -0.25) is 14.4 Å². The standard InChI is InChI=1S/C53H76Cl2O5/c1-3-13-47(56)59-45-23-19-43(20-24-45)52(31-11-37-54)33-27-41(28-34-52)49(39-15-7-5-8-16-39)51(58)50(40-17-9-6-10-18-40)42-29-35-53(36-30-42,32-12-38-55)44-21-25-46(26-22-44)60-48(57)14-4-2/h5-10,15-18,41-46,49-50H,3-4,11-14,19-38H2,1-2H3/t41-,42-,43?,44?,45?,46?,49?,50?,52+,53+. The van der Waals surface area contributed by atoms with Crippen LogP contribution in [0.3, 0.4) is 0 Å². The molecule has 2 unspecified atom stereocenters. The summed E-state index contributed by atoms with van der Waals surface area (Å²) in [5, 5.41) is 0. The molecule has 2 aromatic carbocycles. The van der Waals surface area contributed by atoms with E-state index in [0.29, 0.717) is 54.1 Å². The Labute approximate surface area is 373 Å². The molecule has 6 rings (SSSR count). The maximum Gasteiger partial charge on any atom is 0.306 e. The number of benzene rings is 2.